The maximum atomic E-state index is 4.96. The van der Waals surface area contributed by atoms with Crippen LogP contribution in [0.5, 0.6) is 0 Å². The number of nitrogens with zero attached hydrogens (tertiary/aromatic N) is 2. The number of aryl methyl sites for hydroxylation is 1. The van der Waals surface area contributed by atoms with Gasteiger partial charge in [-0.25, -0.2) is 0 Å². The Kier molecular flexibility index (Phi) is 2.04. The molecule has 3 heteroatoms. The molecule has 0 aliphatic rings. The summed E-state index contributed by atoms with van der Waals surface area (Å²) in [5.74, 6) is 1.31. The van der Waals surface area contributed by atoms with Gasteiger partial charge >= 0.3 is 0 Å². The Morgan fingerprint density at radius 1 is 1.50 bits per heavy atom. The number of hydrogen-bond donors (Lipinski definition) is 0. The molecule has 56 valence electrons. The quantitative estimate of drug-likeness (QED) is 0.628. The molecule has 1 aromatic rings. The summed E-state index contributed by atoms with van der Waals surface area (Å²) in [5.41, 5.74) is 0.981. The van der Waals surface area contributed by atoms with Crippen molar-refractivity contribution in [1.82, 2.24) is 10.4 Å². The number of aromatic nitrogens is 2. The molecule has 0 bridgehead atoms. The molecule has 0 spiro atoms. The van der Waals surface area contributed by atoms with Gasteiger partial charge in [0, 0.05) is 11.2 Å². The molecule has 3 nitrogen and oxygen atoms in total. The Morgan fingerprint density at radius 2 is 2.20 bits per heavy atom. The van der Waals surface area contributed by atoms with Gasteiger partial charge in [-0.05, 0) is 6.42 Å². The maximum Gasteiger partial charge on any atom is 0.162 e. The summed E-state index contributed by atoms with van der Waals surface area (Å²) >= 11 is 0. The van der Waals surface area contributed by atoms with Gasteiger partial charge in [0.1, 0.15) is 5.69 Å². The van der Waals surface area contributed by atoms with E-state index in [1.807, 2.05) is 6.92 Å². The highest BCUT2D eigenvalue weighted by Gasteiger charge is 2.10. The molecule has 0 radical (unpaired) electrons. The molecular formula is C7H12N2O. The molecule has 0 atom stereocenters. The van der Waals surface area contributed by atoms with Crippen LogP contribution in [0, 0.1) is 0 Å². The second kappa shape index (κ2) is 2.82. The van der Waals surface area contributed by atoms with Gasteiger partial charge in [0.25, 0.3) is 0 Å². The third-order valence-corrected chi connectivity index (χ3v) is 1.44. The van der Waals surface area contributed by atoms with Crippen LogP contribution in [0.15, 0.2) is 4.52 Å². The average Bonchev–Trinajstić information content (AvgIpc) is 2.33. The fourth-order valence-corrected chi connectivity index (χ4v) is 0.899. The van der Waals surface area contributed by atoms with Crippen LogP contribution in [0.2, 0.25) is 0 Å². The van der Waals surface area contributed by atoms with Crippen molar-refractivity contribution in [2.45, 2.75) is 33.1 Å². The van der Waals surface area contributed by atoms with E-state index < -0.39 is 0 Å². The van der Waals surface area contributed by atoms with E-state index in [9.17, 15) is 0 Å². The molecule has 0 aliphatic carbocycles. The van der Waals surface area contributed by atoms with Crippen LogP contribution in [0.25, 0.3) is 0 Å². The third-order valence-electron chi connectivity index (χ3n) is 1.44. The van der Waals surface area contributed by atoms with Crippen molar-refractivity contribution in [3.05, 3.63) is 11.5 Å². The fraction of sp³-hybridized carbons (Fsp3) is 0.714. The van der Waals surface area contributed by atoms with Gasteiger partial charge < -0.3 is 4.52 Å². The van der Waals surface area contributed by atoms with E-state index in [4.69, 9.17) is 4.52 Å². The molecule has 0 unspecified atom stereocenters. The first-order valence-corrected chi connectivity index (χ1v) is 3.56. The first kappa shape index (κ1) is 7.25. The van der Waals surface area contributed by atoms with Crippen LogP contribution >= 0.6 is 0 Å². The second-order valence-electron chi connectivity index (χ2n) is 2.59. The maximum absolute atomic E-state index is 4.96. The van der Waals surface area contributed by atoms with Gasteiger partial charge in [0.15, 0.2) is 5.76 Å². The normalized spacial score (nSPS) is 10.8. The molecule has 1 aromatic heterocycles. The fourth-order valence-electron chi connectivity index (χ4n) is 0.899. The highest BCUT2D eigenvalue weighted by molar-refractivity contribution is 5.08. The molecule has 0 amide bonds. The van der Waals surface area contributed by atoms with Crippen LogP contribution in [0.3, 0.4) is 0 Å². The SMILES string of the molecule is CCc1nnoc1C(C)C. The zero-order valence-corrected chi connectivity index (χ0v) is 6.59. The van der Waals surface area contributed by atoms with Gasteiger partial charge in [0.05, 0.1) is 0 Å². The Hall–Kier alpha value is -0.860. The number of hydrogen-bond acceptors (Lipinski definition) is 3. The summed E-state index contributed by atoms with van der Waals surface area (Å²) in [6.45, 7) is 6.19. The molecule has 1 rings (SSSR count). The first-order valence-electron chi connectivity index (χ1n) is 3.56. The van der Waals surface area contributed by atoms with Crippen molar-refractivity contribution in [1.29, 1.82) is 0 Å². The molecule has 10 heavy (non-hydrogen) atoms. The van der Waals surface area contributed by atoms with E-state index in [2.05, 4.69) is 24.2 Å². The monoisotopic (exact) mass is 140 g/mol. The average molecular weight is 140 g/mol. The lowest BCUT2D eigenvalue weighted by molar-refractivity contribution is 0.351. The van der Waals surface area contributed by atoms with Crippen molar-refractivity contribution in [2.75, 3.05) is 0 Å². The van der Waals surface area contributed by atoms with Gasteiger partial charge in [-0.15, -0.1) is 5.10 Å². The molecule has 0 saturated heterocycles. The summed E-state index contributed by atoms with van der Waals surface area (Å²) in [5, 5.41) is 7.33. The standard InChI is InChI=1S/C7H12N2O/c1-4-6-7(5(2)3)10-9-8-6/h5H,4H2,1-3H3. The lowest BCUT2D eigenvalue weighted by Gasteiger charge is -1.97. The van der Waals surface area contributed by atoms with Gasteiger partial charge in [-0.2, -0.15) is 0 Å². The van der Waals surface area contributed by atoms with Gasteiger partial charge in [-0.3, -0.25) is 0 Å². The Labute approximate surface area is 60.4 Å². The predicted octanol–water partition coefficient (Wildman–Crippen LogP) is 1.76. The first-order chi connectivity index (χ1) is 4.75. The lowest BCUT2D eigenvalue weighted by Crippen LogP contribution is -1.90. The van der Waals surface area contributed by atoms with Crippen molar-refractivity contribution >= 4 is 0 Å². The van der Waals surface area contributed by atoms with Crippen LogP contribution < -0.4 is 0 Å². The highest BCUT2D eigenvalue weighted by Crippen LogP contribution is 2.16. The Bertz CT molecular complexity index is 205. The minimum Gasteiger partial charge on any atom is -0.342 e. The molecule has 1 heterocycles. The molecule has 0 aromatic carbocycles. The van der Waals surface area contributed by atoms with E-state index in [1.165, 1.54) is 0 Å². The molecule has 0 fully saturated rings. The highest BCUT2D eigenvalue weighted by atomic mass is 16.5. The zero-order chi connectivity index (χ0) is 7.56. The van der Waals surface area contributed by atoms with E-state index in [1.54, 1.807) is 0 Å². The van der Waals surface area contributed by atoms with Crippen molar-refractivity contribution in [2.24, 2.45) is 0 Å². The lowest BCUT2D eigenvalue weighted by atomic mass is 10.1. The predicted molar refractivity (Wildman–Crippen MR) is 37.8 cm³/mol. The zero-order valence-electron chi connectivity index (χ0n) is 6.59. The van der Waals surface area contributed by atoms with Crippen LogP contribution in [0.1, 0.15) is 38.1 Å². The van der Waals surface area contributed by atoms with Gasteiger partial charge in [-0.1, -0.05) is 20.8 Å². The minimum atomic E-state index is 0.393. The summed E-state index contributed by atoms with van der Waals surface area (Å²) < 4.78 is 4.96. The molecular weight excluding hydrogens is 128 g/mol. The smallest absolute Gasteiger partial charge is 0.162 e. The van der Waals surface area contributed by atoms with Crippen LogP contribution in [-0.2, 0) is 6.42 Å². The third kappa shape index (κ3) is 1.17. The van der Waals surface area contributed by atoms with E-state index in [-0.39, 0.29) is 0 Å². The minimum absolute atomic E-state index is 0.393. The summed E-state index contributed by atoms with van der Waals surface area (Å²) in [4.78, 5) is 0. The van der Waals surface area contributed by atoms with Crippen molar-refractivity contribution in [3.63, 3.8) is 0 Å². The largest absolute Gasteiger partial charge is 0.342 e. The Morgan fingerprint density at radius 3 is 2.60 bits per heavy atom. The molecule has 0 aliphatic heterocycles. The summed E-state index contributed by atoms with van der Waals surface area (Å²) in [6.07, 6.45) is 0.900. The van der Waals surface area contributed by atoms with Crippen molar-refractivity contribution < 1.29 is 4.52 Å². The number of rotatable bonds is 2. The van der Waals surface area contributed by atoms with Crippen LogP contribution in [-0.4, -0.2) is 10.4 Å². The summed E-state index contributed by atoms with van der Waals surface area (Å²) in [6, 6.07) is 0. The second-order valence-corrected chi connectivity index (χ2v) is 2.59. The van der Waals surface area contributed by atoms with E-state index >= 15 is 0 Å². The topological polar surface area (TPSA) is 38.9 Å². The van der Waals surface area contributed by atoms with Crippen molar-refractivity contribution in [3.8, 4) is 0 Å². The van der Waals surface area contributed by atoms with E-state index in [0.29, 0.717) is 5.92 Å². The molecule has 0 N–H and O–H groups in total. The Balaban J connectivity index is 2.90. The molecule has 0 saturated carbocycles. The summed E-state index contributed by atoms with van der Waals surface area (Å²) in [7, 11) is 0. The van der Waals surface area contributed by atoms with Crippen LogP contribution in [0.4, 0.5) is 0 Å². The van der Waals surface area contributed by atoms with E-state index in [0.717, 1.165) is 17.9 Å². The van der Waals surface area contributed by atoms with Gasteiger partial charge in [0.2, 0.25) is 0 Å².